The first-order valence-electron chi connectivity index (χ1n) is 9.49. The highest BCUT2D eigenvalue weighted by atomic mass is 35.5. The van der Waals surface area contributed by atoms with Crippen molar-refractivity contribution in [3.63, 3.8) is 0 Å². The van der Waals surface area contributed by atoms with E-state index in [1.807, 2.05) is 30.3 Å². The summed E-state index contributed by atoms with van der Waals surface area (Å²) in [5.41, 5.74) is 1.50. The van der Waals surface area contributed by atoms with Gasteiger partial charge < -0.3 is 5.32 Å². The van der Waals surface area contributed by atoms with Gasteiger partial charge in [0, 0.05) is 6.20 Å². The number of carbonyl (C=O) groups is 2. The molecule has 2 amide bonds. The summed E-state index contributed by atoms with van der Waals surface area (Å²) in [6.07, 6.45) is 3.10. The van der Waals surface area contributed by atoms with Crippen molar-refractivity contribution in [1.82, 2.24) is 4.98 Å². The van der Waals surface area contributed by atoms with E-state index in [0.717, 1.165) is 17.3 Å². The van der Waals surface area contributed by atoms with E-state index in [0.29, 0.717) is 21.7 Å². The maximum atomic E-state index is 13.4. The van der Waals surface area contributed by atoms with Crippen LogP contribution in [-0.2, 0) is 9.59 Å². The number of aliphatic imine (C=N–C) groups is 1. The molecule has 1 aliphatic rings. The van der Waals surface area contributed by atoms with Crippen LogP contribution in [0.3, 0.4) is 0 Å². The highest BCUT2D eigenvalue weighted by molar-refractivity contribution is 8.14. The quantitative estimate of drug-likeness (QED) is 0.537. The van der Waals surface area contributed by atoms with Crippen LogP contribution in [0.25, 0.3) is 6.08 Å². The van der Waals surface area contributed by atoms with Gasteiger partial charge in [0.05, 0.1) is 16.5 Å². The predicted molar refractivity (Wildman–Crippen MR) is 126 cm³/mol. The Morgan fingerprint density at radius 1 is 1.09 bits per heavy atom. The van der Waals surface area contributed by atoms with Crippen LogP contribution >= 0.6 is 23.4 Å². The van der Waals surface area contributed by atoms with Gasteiger partial charge in [-0.25, -0.2) is 14.4 Å². The van der Waals surface area contributed by atoms with Crippen molar-refractivity contribution in [3.8, 4) is 0 Å². The number of anilines is 2. The number of hydrogen-bond donors (Lipinski definition) is 1. The van der Waals surface area contributed by atoms with Crippen LogP contribution in [-0.4, -0.2) is 27.7 Å². The van der Waals surface area contributed by atoms with Gasteiger partial charge in [0.2, 0.25) is 5.91 Å². The van der Waals surface area contributed by atoms with Gasteiger partial charge in [-0.05, 0) is 48.0 Å². The minimum absolute atomic E-state index is 0.00721. The van der Waals surface area contributed by atoms with Gasteiger partial charge in [0.25, 0.3) is 5.91 Å². The lowest BCUT2D eigenvalue weighted by molar-refractivity contribution is -0.114. The molecule has 32 heavy (non-hydrogen) atoms. The average Bonchev–Trinajstić information content (AvgIpc) is 3.10. The summed E-state index contributed by atoms with van der Waals surface area (Å²) >= 11 is 6.90. The van der Waals surface area contributed by atoms with E-state index in [2.05, 4.69) is 15.3 Å². The molecule has 1 aromatic heterocycles. The van der Waals surface area contributed by atoms with Crippen molar-refractivity contribution in [2.24, 2.45) is 4.99 Å². The standard InChI is InChI=1S/C23H16ClFN4O2S/c24-16-6-11-20(26-13-16)28-21(30)14-32-23-27-19(12-15-4-2-1-3-5-15)22(31)29(23)18-9-7-17(25)8-10-18/h1-13H,14H2,(H,26,28,30)/b19-12+. The Labute approximate surface area is 192 Å². The Hall–Kier alpha value is -3.49. The summed E-state index contributed by atoms with van der Waals surface area (Å²) in [6.45, 7) is 0. The fourth-order valence-electron chi connectivity index (χ4n) is 2.88. The van der Waals surface area contributed by atoms with E-state index in [-0.39, 0.29) is 23.3 Å². The zero-order chi connectivity index (χ0) is 22.5. The van der Waals surface area contributed by atoms with Crippen LogP contribution in [0.1, 0.15) is 5.56 Å². The van der Waals surface area contributed by atoms with Crippen LogP contribution in [0, 0.1) is 5.82 Å². The number of thioether (sulfide) groups is 1. The zero-order valence-corrected chi connectivity index (χ0v) is 18.1. The Morgan fingerprint density at radius 2 is 1.84 bits per heavy atom. The summed E-state index contributed by atoms with van der Waals surface area (Å²) in [5.74, 6) is -0.736. The highest BCUT2D eigenvalue weighted by Gasteiger charge is 2.32. The van der Waals surface area contributed by atoms with Gasteiger partial charge in [0.15, 0.2) is 5.17 Å². The Balaban J connectivity index is 1.55. The minimum Gasteiger partial charge on any atom is -0.310 e. The van der Waals surface area contributed by atoms with Crippen LogP contribution < -0.4 is 10.2 Å². The molecular weight excluding hydrogens is 451 g/mol. The fourth-order valence-corrected chi connectivity index (χ4v) is 3.80. The van der Waals surface area contributed by atoms with E-state index in [9.17, 15) is 14.0 Å². The van der Waals surface area contributed by atoms with Gasteiger partial charge in [-0.3, -0.25) is 14.5 Å². The first kappa shape index (κ1) is 21.7. The number of amides is 2. The van der Waals surface area contributed by atoms with Gasteiger partial charge in [-0.15, -0.1) is 0 Å². The van der Waals surface area contributed by atoms with E-state index >= 15 is 0 Å². The molecule has 0 unspecified atom stereocenters. The molecule has 9 heteroatoms. The third-order valence-corrected chi connectivity index (χ3v) is 5.51. The number of halogens is 2. The summed E-state index contributed by atoms with van der Waals surface area (Å²) in [4.78, 5) is 35.3. The number of nitrogens with one attached hydrogen (secondary N) is 1. The molecule has 2 aromatic carbocycles. The maximum Gasteiger partial charge on any atom is 0.283 e. The van der Waals surface area contributed by atoms with E-state index in [1.54, 1.807) is 18.2 Å². The second-order valence-electron chi connectivity index (χ2n) is 6.65. The molecule has 4 rings (SSSR count). The number of amidine groups is 1. The SMILES string of the molecule is O=C(CSC1=N/C(=C/c2ccccc2)C(=O)N1c1ccc(F)cc1)Nc1ccc(Cl)cn1. The molecule has 6 nitrogen and oxygen atoms in total. The van der Waals surface area contributed by atoms with Gasteiger partial charge in [0.1, 0.15) is 17.3 Å². The molecule has 0 radical (unpaired) electrons. The number of nitrogens with zero attached hydrogens (tertiary/aromatic N) is 3. The Kier molecular flexibility index (Phi) is 6.63. The monoisotopic (exact) mass is 466 g/mol. The van der Waals surface area contributed by atoms with Gasteiger partial charge in [-0.1, -0.05) is 53.7 Å². The molecule has 0 aliphatic carbocycles. The molecule has 0 fully saturated rings. The number of pyridine rings is 1. The first-order valence-corrected chi connectivity index (χ1v) is 10.9. The zero-order valence-electron chi connectivity index (χ0n) is 16.5. The normalized spacial score (nSPS) is 14.6. The molecule has 1 aliphatic heterocycles. The largest absolute Gasteiger partial charge is 0.310 e. The smallest absolute Gasteiger partial charge is 0.283 e. The number of carbonyl (C=O) groups excluding carboxylic acids is 2. The molecule has 1 N–H and O–H groups in total. The average molecular weight is 467 g/mol. The van der Waals surface area contributed by atoms with Crippen LogP contribution in [0.15, 0.2) is 83.6 Å². The lowest BCUT2D eigenvalue weighted by atomic mass is 10.2. The molecule has 0 atom stereocenters. The number of aromatic nitrogens is 1. The summed E-state index contributed by atoms with van der Waals surface area (Å²) in [7, 11) is 0. The second-order valence-corrected chi connectivity index (χ2v) is 8.03. The van der Waals surface area contributed by atoms with E-state index in [1.165, 1.54) is 35.4 Å². The Morgan fingerprint density at radius 3 is 2.53 bits per heavy atom. The van der Waals surface area contributed by atoms with Crippen LogP contribution in [0.4, 0.5) is 15.9 Å². The molecule has 160 valence electrons. The van der Waals surface area contributed by atoms with Crippen molar-refractivity contribution < 1.29 is 14.0 Å². The third kappa shape index (κ3) is 5.22. The maximum absolute atomic E-state index is 13.4. The van der Waals surface area contributed by atoms with Crippen molar-refractivity contribution in [3.05, 3.63) is 95.0 Å². The molecule has 0 saturated carbocycles. The van der Waals surface area contributed by atoms with Crippen molar-refractivity contribution in [2.75, 3.05) is 16.0 Å². The first-order chi connectivity index (χ1) is 15.5. The molecule has 0 saturated heterocycles. The lowest BCUT2D eigenvalue weighted by Gasteiger charge is -2.17. The fraction of sp³-hybridized carbons (Fsp3) is 0.0435. The van der Waals surface area contributed by atoms with Gasteiger partial charge >= 0.3 is 0 Å². The topological polar surface area (TPSA) is 74.7 Å². The van der Waals surface area contributed by atoms with Crippen molar-refractivity contribution in [2.45, 2.75) is 0 Å². The third-order valence-electron chi connectivity index (χ3n) is 4.34. The lowest BCUT2D eigenvalue weighted by Crippen LogP contribution is -2.31. The summed E-state index contributed by atoms with van der Waals surface area (Å²) in [6, 6.07) is 18.0. The second kappa shape index (κ2) is 9.76. The number of benzene rings is 2. The highest BCUT2D eigenvalue weighted by Crippen LogP contribution is 2.29. The van der Waals surface area contributed by atoms with E-state index < -0.39 is 5.82 Å². The van der Waals surface area contributed by atoms with Gasteiger partial charge in [-0.2, -0.15) is 0 Å². The number of hydrogen-bond acceptors (Lipinski definition) is 5. The molecule has 3 aromatic rings. The molecule has 2 heterocycles. The van der Waals surface area contributed by atoms with E-state index in [4.69, 9.17) is 11.6 Å². The molecule has 0 spiro atoms. The Bertz CT molecular complexity index is 1200. The van der Waals surface area contributed by atoms with Crippen molar-refractivity contribution >= 4 is 57.9 Å². The van der Waals surface area contributed by atoms with Crippen molar-refractivity contribution in [1.29, 1.82) is 0 Å². The molecule has 0 bridgehead atoms. The molecular formula is C23H16ClFN4O2S. The summed E-state index contributed by atoms with van der Waals surface area (Å²) in [5, 5.41) is 3.45. The minimum atomic E-state index is -0.415. The predicted octanol–water partition coefficient (Wildman–Crippen LogP) is 4.99. The van der Waals surface area contributed by atoms with Crippen LogP contribution in [0.5, 0.6) is 0 Å². The number of rotatable bonds is 5. The van der Waals surface area contributed by atoms with Crippen LogP contribution in [0.2, 0.25) is 5.02 Å². The summed E-state index contributed by atoms with van der Waals surface area (Å²) < 4.78 is 13.4.